The number of nitro groups is 1. The minimum atomic E-state index is -0.544. The van der Waals surface area contributed by atoms with Crippen LogP contribution in [0.25, 0.3) is 6.08 Å². The number of thioether (sulfide) groups is 1. The Hall–Kier alpha value is -3.80. The summed E-state index contributed by atoms with van der Waals surface area (Å²) >= 11 is 12.1. The number of thiocarbonyl (C=S) groups is 1. The lowest BCUT2D eigenvalue weighted by Gasteiger charge is -2.15. The number of amides is 2. The van der Waals surface area contributed by atoms with Gasteiger partial charge in [-0.3, -0.25) is 25.1 Å². The van der Waals surface area contributed by atoms with E-state index in [2.05, 4.69) is 10.4 Å². The van der Waals surface area contributed by atoms with Crippen LogP contribution in [-0.4, -0.2) is 31.1 Å². The summed E-state index contributed by atoms with van der Waals surface area (Å²) in [6.07, 6.45) is 2.75. The molecule has 0 bridgehead atoms. The molecule has 0 unspecified atom stereocenters. The first-order valence-electron chi connectivity index (χ1n) is 9.53. The molecular formula is C22H13ClN4O5S2. The molecule has 1 fully saturated rings. The van der Waals surface area contributed by atoms with Gasteiger partial charge in [0.15, 0.2) is 4.32 Å². The van der Waals surface area contributed by atoms with E-state index in [4.69, 9.17) is 28.6 Å². The molecule has 0 atom stereocenters. The van der Waals surface area contributed by atoms with Gasteiger partial charge < -0.3 is 4.74 Å². The Kier molecular flexibility index (Phi) is 6.87. The molecule has 1 N–H and O–H groups in total. The fraction of sp³-hybridized carbons (Fsp3) is 0. The Bertz CT molecular complexity index is 1310. The van der Waals surface area contributed by atoms with Gasteiger partial charge in [0.25, 0.3) is 17.5 Å². The van der Waals surface area contributed by atoms with Crippen LogP contribution in [-0.2, 0) is 4.79 Å². The number of benzene rings is 2. The molecule has 4 rings (SSSR count). The Morgan fingerprint density at radius 2 is 1.85 bits per heavy atom. The lowest BCUT2D eigenvalue weighted by Crippen LogP contribution is -2.44. The molecule has 2 heterocycles. The molecule has 0 aliphatic carbocycles. The van der Waals surface area contributed by atoms with Crippen molar-refractivity contribution in [3.8, 4) is 11.6 Å². The summed E-state index contributed by atoms with van der Waals surface area (Å²) in [4.78, 5) is 39.6. The number of nitrogens with zero attached hydrogens (tertiary/aromatic N) is 3. The van der Waals surface area contributed by atoms with Crippen molar-refractivity contribution < 1.29 is 19.2 Å². The lowest BCUT2D eigenvalue weighted by molar-refractivity contribution is -0.385. The van der Waals surface area contributed by atoms with Crippen molar-refractivity contribution in [2.24, 2.45) is 0 Å². The fourth-order valence-electron chi connectivity index (χ4n) is 2.78. The number of hydrogen-bond donors (Lipinski definition) is 1. The number of rotatable bonds is 6. The van der Waals surface area contributed by atoms with Crippen molar-refractivity contribution in [1.82, 2.24) is 15.4 Å². The van der Waals surface area contributed by atoms with Crippen LogP contribution in [0.15, 0.2) is 71.8 Å². The first kappa shape index (κ1) is 23.4. The average molecular weight is 513 g/mol. The topological polar surface area (TPSA) is 115 Å². The van der Waals surface area contributed by atoms with Gasteiger partial charge >= 0.3 is 0 Å². The smallest absolute Gasteiger partial charge is 0.287 e. The van der Waals surface area contributed by atoms with Crippen molar-refractivity contribution in [1.29, 1.82) is 0 Å². The van der Waals surface area contributed by atoms with E-state index in [1.54, 1.807) is 54.6 Å². The third kappa shape index (κ3) is 5.39. The van der Waals surface area contributed by atoms with Crippen LogP contribution in [0.1, 0.15) is 15.9 Å². The summed E-state index contributed by atoms with van der Waals surface area (Å²) in [5, 5.41) is 12.2. The van der Waals surface area contributed by atoms with Crippen LogP contribution in [0.2, 0.25) is 5.02 Å². The molecule has 2 aromatic carbocycles. The minimum Gasteiger partial charge on any atom is -0.439 e. The highest BCUT2D eigenvalue weighted by Crippen LogP contribution is 2.32. The molecule has 34 heavy (non-hydrogen) atoms. The number of ether oxygens (including phenoxy) is 1. The molecule has 0 radical (unpaired) electrons. The average Bonchev–Trinajstić information content (AvgIpc) is 3.08. The van der Waals surface area contributed by atoms with Crippen LogP contribution in [0.3, 0.4) is 0 Å². The van der Waals surface area contributed by atoms with E-state index in [9.17, 15) is 19.7 Å². The van der Waals surface area contributed by atoms with Crippen LogP contribution in [0, 0.1) is 10.1 Å². The Labute approximate surface area is 207 Å². The third-order valence-electron chi connectivity index (χ3n) is 4.45. The van der Waals surface area contributed by atoms with Crippen molar-refractivity contribution in [3.05, 3.63) is 98.0 Å². The molecule has 0 spiro atoms. The monoisotopic (exact) mass is 512 g/mol. The van der Waals surface area contributed by atoms with E-state index >= 15 is 0 Å². The van der Waals surface area contributed by atoms with Gasteiger partial charge in [0.1, 0.15) is 11.9 Å². The zero-order valence-corrected chi connectivity index (χ0v) is 19.4. The number of carbonyl (C=O) groups excluding carboxylic acids is 2. The van der Waals surface area contributed by atoms with E-state index in [0.29, 0.717) is 26.8 Å². The van der Waals surface area contributed by atoms with Crippen LogP contribution in [0.4, 0.5) is 5.69 Å². The second-order valence-electron chi connectivity index (χ2n) is 6.75. The maximum Gasteiger partial charge on any atom is 0.287 e. The zero-order valence-electron chi connectivity index (χ0n) is 17.0. The first-order chi connectivity index (χ1) is 16.3. The fourth-order valence-corrected chi connectivity index (χ4v) is 4.08. The maximum absolute atomic E-state index is 12.8. The van der Waals surface area contributed by atoms with E-state index in [1.807, 2.05) is 0 Å². The second-order valence-corrected chi connectivity index (χ2v) is 8.86. The standard InChI is InChI=1S/C22H13ClN4O5S2/c23-15-5-3-14(4-6-15)20(28)25-26-21(29)18(34-22(26)33)11-13-1-8-17(9-2-13)32-19-10-7-16(12-24-19)27(30)31/h1-12H,(H,25,28)/b18-11-. The van der Waals surface area contributed by atoms with Crippen molar-refractivity contribution in [3.63, 3.8) is 0 Å². The molecule has 9 nitrogen and oxygen atoms in total. The SMILES string of the molecule is O=C(NN1C(=O)/C(=C/c2ccc(Oc3ccc([N+](=O)[O-])cn3)cc2)SC1=S)c1ccc(Cl)cc1. The van der Waals surface area contributed by atoms with Gasteiger partial charge in [-0.25, -0.2) is 4.98 Å². The molecule has 170 valence electrons. The number of aromatic nitrogens is 1. The lowest BCUT2D eigenvalue weighted by atomic mass is 10.2. The molecule has 1 aromatic heterocycles. The highest BCUT2D eigenvalue weighted by Gasteiger charge is 2.33. The summed E-state index contributed by atoms with van der Waals surface area (Å²) in [5.74, 6) is -0.278. The zero-order chi connectivity index (χ0) is 24.2. The summed E-state index contributed by atoms with van der Waals surface area (Å²) < 4.78 is 5.77. The number of hydrogen-bond acceptors (Lipinski definition) is 8. The quantitative estimate of drug-likeness (QED) is 0.213. The molecule has 1 aliphatic heterocycles. The van der Waals surface area contributed by atoms with Gasteiger partial charge in [-0.2, -0.15) is 5.01 Å². The van der Waals surface area contributed by atoms with Crippen LogP contribution in [0.5, 0.6) is 11.6 Å². The highest BCUT2D eigenvalue weighted by atomic mass is 35.5. The van der Waals surface area contributed by atoms with Gasteiger partial charge in [-0.15, -0.1) is 0 Å². The predicted octanol–water partition coefficient (Wildman–Crippen LogP) is 4.98. The van der Waals surface area contributed by atoms with Gasteiger partial charge in [0.05, 0.1) is 9.83 Å². The molecule has 0 saturated carbocycles. The van der Waals surface area contributed by atoms with Crippen molar-refractivity contribution in [2.75, 3.05) is 0 Å². The van der Waals surface area contributed by atoms with Gasteiger partial charge in [0.2, 0.25) is 5.88 Å². The third-order valence-corrected chi connectivity index (χ3v) is 6.00. The van der Waals surface area contributed by atoms with Crippen LogP contribution >= 0.6 is 35.6 Å². The van der Waals surface area contributed by atoms with Gasteiger partial charge in [-0.1, -0.05) is 35.5 Å². The highest BCUT2D eigenvalue weighted by molar-refractivity contribution is 8.26. The number of carbonyl (C=O) groups is 2. The van der Waals surface area contributed by atoms with Crippen molar-refractivity contribution >= 4 is 63.5 Å². The van der Waals surface area contributed by atoms with E-state index in [1.165, 1.54) is 12.1 Å². The van der Waals surface area contributed by atoms with E-state index in [0.717, 1.165) is 23.0 Å². The maximum atomic E-state index is 12.8. The summed E-state index contributed by atoms with van der Waals surface area (Å²) in [5.41, 5.74) is 3.41. The summed E-state index contributed by atoms with van der Waals surface area (Å²) in [6, 6.07) is 15.7. The largest absolute Gasteiger partial charge is 0.439 e. The Morgan fingerprint density at radius 1 is 1.15 bits per heavy atom. The summed E-state index contributed by atoms with van der Waals surface area (Å²) in [6.45, 7) is 0. The minimum absolute atomic E-state index is 0.135. The number of pyridine rings is 1. The molecule has 1 saturated heterocycles. The number of nitrogens with one attached hydrogen (secondary N) is 1. The first-order valence-corrected chi connectivity index (χ1v) is 11.1. The number of hydrazine groups is 1. The predicted molar refractivity (Wildman–Crippen MR) is 131 cm³/mol. The normalized spacial score (nSPS) is 14.4. The number of halogens is 1. The van der Waals surface area contributed by atoms with Gasteiger partial charge in [-0.05, 0) is 60.3 Å². The van der Waals surface area contributed by atoms with Crippen LogP contribution < -0.4 is 10.2 Å². The van der Waals surface area contributed by atoms with E-state index in [-0.39, 0.29) is 15.9 Å². The van der Waals surface area contributed by atoms with E-state index < -0.39 is 16.7 Å². The molecule has 12 heteroatoms. The Morgan fingerprint density at radius 3 is 2.47 bits per heavy atom. The van der Waals surface area contributed by atoms with Crippen molar-refractivity contribution in [2.45, 2.75) is 0 Å². The second kappa shape index (κ2) is 10.00. The van der Waals surface area contributed by atoms with Gasteiger partial charge in [0, 0.05) is 22.7 Å². The molecular weight excluding hydrogens is 500 g/mol. The Balaban J connectivity index is 1.42. The molecule has 2 amide bonds. The molecule has 1 aliphatic rings. The molecule has 3 aromatic rings. The summed E-state index contributed by atoms with van der Waals surface area (Å²) in [7, 11) is 0.